The molecule has 0 aromatic carbocycles. The molecule has 1 aliphatic rings. The number of hydrogen-bond acceptors (Lipinski definition) is 4. The first-order valence-electron chi connectivity index (χ1n) is 4.57. The monoisotopic (exact) mass is 203 g/mol. The number of aliphatic hydroxyl groups excluding tert-OH is 1. The lowest BCUT2D eigenvalue weighted by atomic mass is 9.99. The van der Waals surface area contributed by atoms with E-state index in [9.17, 15) is 4.79 Å². The molecule has 0 aromatic heterocycles. The Balaban J connectivity index is 2.40. The summed E-state index contributed by atoms with van der Waals surface area (Å²) in [5.41, 5.74) is -1.16. The molecule has 1 aliphatic heterocycles. The maximum atomic E-state index is 11.3. The van der Waals surface area contributed by atoms with E-state index >= 15 is 0 Å². The molecule has 2 N–H and O–H groups in total. The van der Waals surface area contributed by atoms with E-state index in [1.165, 1.54) is 0 Å². The number of nitrogens with one attached hydrogen (secondary N) is 1. The van der Waals surface area contributed by atoms with Crippen molar-refractivity contribution in [2.45, 2.75) is 31.9 Å². The standard InChI is InChI=1S/C9H17NO4/c1-8(2,3)14-7(12)10-9(4-11)5-13-6-9/h11H,4-6H2,1-3H3,(H,10,12). The number of alkyl carbamates (subject to hydrolysis) is 1. The summed E-state index contributed by atoms with van der Waals surface area (Å²) in [6.45, 7) is 5.90. The Morgan fingerprint density at radius 2 is 2.14 bits per heavy atom. The van der Waals surface area contributed by atoms with Gasteiger partial charge in [-0.2, -0.15) is 0 Å². The Kier molecular flexibility index (Phi) is 3.01. The zero-order valence-electron chi connectivity index (χ0n) is 8.79. The molecule has 1 rings (SSSR count). The number of amides is 1. The third-order valence-corrected chi connectivity index (χ3v) is 1.83. The first-order valence-corrected chi connectivity index (χ1v) is 4.57. The van der Waals surface area contributed by atoms with Crippen LogP contribution in [-0.4, -0.2) is 42.2 Å². The van der Waals surface area contributed by atoms with Crippen LogP contribution in [0.15, 0.2) is 0 Å². The van der Waals surface area contributed by atoms with Gasteiger partial charge in [-0.15, -0.1) is 0 Å². The highest BCUT2D eigenvalue weighted by Crippen LogP contribution is 2.17. The lowest BCUT2D eigenvalue weighted by Gasteiger charge is -2.40. The molecule has 0 spiro atoms. The summed E-state index contributed by atoms with van der Waals surface area (Å²) in [7, 11) is 0. The molecule has 0 radical (unpaired) electrons. The zero-order valence-corrected chi connectivity index (χ0v) is 8.79. The van der Waals surface area contributed by atoms with Crippen LogP contribution >= 0.6 is 0 Å². The Hall–Kier alpha value is -0.810. The maximum Gasteiger partial charge on any atom is 0.408 e. The predicted octanol–water partition coefficient (Wildman–Crippen LogP) is 0.272. The number of rotatable bonds is 2. The van der Waals surface area contributed by atoms with Gasteiger partial charge in [0.15, 0.2) is 0 Å². The largest absolute Gasteiger partial charge is 0.444 e. The minimum atomic E-state index is -0.637. The van der Waals surface area contributed by atoms with Crippen LogP contribution in [0.4, 0.5) is 4.79 Å². The van der Waals surface area contributed by atoms with Crippen LogP contribution in [0, 0.1) is 0 Å². The third-order valence-electron chi connectivity index (χ3n) is 1.83. The molecule has 1 saturated heterocycles. The molecule has 0 atom stereocenters. The van der Waals surface area contributed by atoms with Crippen molar-refractivity contribution >= 4 is 6.09 Å². The number of carbonyl (C=O) groups excluding carboxylic acids is 1. The van der Waals surface area contributed by atoms with Crippen LogP contribution in [0.3, 0.4) is 0 Å². The molecule has 0 aliphatic carbocycles. The van der Waals surface area contributed by atoms with Crippen molar-refractivity contribution < 1.29 is 19.4 Å². The van der Waals surface area contributed by atoms with E-state index in [4.69, 9.17) is 14.6 Å². The van der Waals surface area contributed by atoms with Crippen LogP contribution in [0.2, 0.25) is 0 Å². The fourth-order valence-electron chi connectivity index (χ4n) is 1.07. The Morgan fingerprint density at radius 1 is 1.57 bits per heavy atom. The average Bonchev–Trinajstić information content (AvgIpc) is 1.93. The van der Waals surface area contributed by atoms with Gasteiger partial charge in [-0.05, 0) is 20.8 Å². The number of hydrogen-bond donors (Lipinski definition) is 2. The maximum absolute atomic E-state index is 11.3. The molecule has 5 heteroatoms. The van der Waals surface area contributed by atoms with Gasteiger partial charge in [-0.25, -0.2) is 4.79 Å². The van der Waals surface area contributed by atoms with Crippen molar-refractivity contribution in [2.75, 3.05) is 19.8 Å². The van der Waals surface area contributed by atoms with Gasteiger partial charge in [0.25, 0.3) is 0 Å². The van der Waals surface area contributed by atoms with Gasteiger partial charge < -0.3 is 19.9 Å². The molecule has 82 valence electrons. The lowest BCUT2D eigenvalue weighted by Crippen LogP contribution is -2.65. The van der Waals surface area contributed by atoms with Gasteiger partial charge >= 0.3 is 6.09 Å². The second-order valence-corrected chi connectivity index (χ2v) is 4.56. The molecular weight excluding hydrogens is 186 g/mol. The number of aliphatic hydroxyl groups is 1. The van der Waals surface area contributed by atoms with Gasteiger partial charge in [-0.3, -0.25) is 0 Å². The molecule has 5 nitrogen and oxygen atoms in total. The molecule has 0 saturated carbocycles. The van der Waals surface area contributed by atoms with Crippen LogP contribution in [-0.2, 0) is 9.47 Å². The third kappa shape index (κ3) is 2.85. The lowest BCUT2D eigenvalue weighted by molar-refractivity contribution is -0.0972. The Labute approximate surface area is 83.4 Å². The van der Waals surface area contributed by atoms with Crippen LogP contribution in [0.5, 0.6) is 0 Å². The molecular formula is C9H17NO4. The van der Waals surface area contributed by atoms with E-state index in [0.717, 1.165) is 0 Å². The minimum Gasteiger partial charge on any atom is -0.444 e. The van der Waals surface area contributed by atoms with Gasteiger partial charge in [0.2, 0.25) is 0 Å². The van der Waals surface area contributed by atoms with E-state index < -0.39 is 17.2 Å². The van der Waals surface area contributed by atoms with E-state index in [0.29, 0.717) is 13.2 Å². The van der Waals surface area contributed by atoms with Crippen LogP contribution in [0.25, 0.3) is 0 Å². The predicted molar refractivity (Wildman–Crippen MR) is 50.0 cm³/mol. The van der Waals surface area contributed by atoms with Crippen molar-refractivity contribution in [2.24, 2.45) is 0 Å². The molecule has 1 heterocycles. The summed E-state index contributed by atoms with van der Waals surface area (Å²) in [4.78, 5) is 11.3. The van der Waals surface area contributed by atoms with Crippen molar-refractivity contribution in [1.82, 2.24) is 5.32 Å². The first kappa shape index (κ1) is 11.3. The van der Waals surface area contributed by atoms with Gasteiger partial charge in [-0.1, -0.05) is 0 Å². The summed E-state index contributed by atoms with van der Waals surface area (Å²) in [6, 6.07) is 0. The minimum absolute atomic E-state index is 0.133. The van der Waals surface area contributed by atoms with E-state index in [2.05, 4.69) is 5.32 Å². The summed E-state index contributed by atoms with van der Waals surface area (Å²) in [6.07, 6.45) is -0.519. The second kappa shape index (κ2) is 3.74. The fraction of sp³-hybridized carbons (Fsp3) is 0.889. The van der Waals surface area contributed by atoms with E-state index in [1.54, 1.807) is 20.8 Å². The van der Waals surface area contributed by atoms with Crippen molar-refractivity contribution in [3.05, 3.63) is 0 Å². The molecule has 1 amide bonds. The van der Waals surface area contributed by atoms with Crippen LogP contribution < -0.4 is 5.32 Å². The average molecular weight is 203 g/mol. The van der Waals surface area contributed by atoms with E-state index in [1.807, 2.05) is 0 Å². The van der Waals surface area contributed by atoms with Gasteiger partial charge in [0, 0.05) is 0 Å². The van der Waals surface area contributed by atoms with Gasteiger partial charge in [0.1, 0.15) is 11.1 Å². The Morgan fingerprint density at radius 3 is 2.43 bits per heavy atom. The van der Waals surface area contributed by atoms with Crippen molar-refractivity contribution in [3.8, 4) is 0 Å². The molecule has 1 fully saturated rings. The normalized spacial score (nSPS) is 19.7. The molecule has 0 aromatic rings. The zero-order chi connectivity index (χ0) is 10.8. The summed E-state index contributed by atoms with van der Waals surface area (Å²) < 4.78 is 9.98. The topological polar surface area (TPSA) is 67.8 Å². The first-order chi connectivity index (χ1) is 6.37. The summed E-state index contributed by atoms with van der Waals surface area (Å²) >= 11 is 0. The molecule has 14 heavy (non-hydrogen) atoms. The summed E-state index contributed by atoms with van der Waals surface area (Å²) in [5.74, 6) is 0. The van der Waals surface area contributed by atoms with Crippen molar-refractivity contribution in [3.63, 3.8) is 0 Å². The van der Waals surface area contributed by atoms with Gasteiger partial charge in [0.05, 0.1) is 19.8 Å². The second-order valence-electron chi connectivity index (χ2n) is 4.56. The highest BCUT2D eigenvalue weighted by molar-refractivity contribution is 5.69. The SMILES string of the molecule is CC(C)(C)OC(=O)NC1(CO)COC1. The number of ether oxygens (including phenoxy) is 2. The Bertz CT molecular complexity index is 212. The highest BCUT2D eigenvalue weighted by atomic mass is 16.6. The highest BCUT2D eigenvalue weighted by Gasteiger charge is 2.40. The number of carbonyl (C=O) groups is 1. The molecule has 0 unspecified atom stereocenters. The summed E-state index contributed by atoms with van der Waals surface area (Å²) in [5, 5.41) is 11.6. The van der Waals surface area contributed by atoms with E-state index in [-0.39, 0.29) is 6.61 Å². The van der Waals surface area contributed by atoms with Crippen molar-refractivity contribution in [1.29, 1.82) is 0 Å². The smallest absolute Gasteiger partial charge is 0.408 e. The van der Waals surface area contributed by atoms with Crippen LogP contribution in [0.1, 0.15) is 20.8 Å². The fourth-order valence-corrected chi connectivity index (χ4v) is 1.07. The molecule has 0 bridgehead atoms. The quantitative estimate of drug-likeness (QED) is 0.676.